The van der Waals surface area contributed by atoms with Crippen LogP contribution in [0, 0.1) is 0 Å². The number of amides is 1. The highest BCUT2D eigenvalue weighted by molar-refractivity contribution is 5.83. The molecule has 0 atom stereocenters. The second-order valence-corrected chi connectivity index (χ2v) is 2.42. The van der Waals surface area contributed by atoms with Gasteiger partial charge in [0, 0.05) is 5.69 Å². The molecule has 1 radical (unpaired) electrons. The molecule has 0 aliphatic rings. The number of nitrogens with one attached hydrogen (secondary N) is 1. The highest BCUT2D eigenvalue weighted by Crippen LogP contribution is 2.14. The van der Waals surface area contributed by atoms with Crippen LogP contribution in [-0.4, -0.2) is 6.09 Å². The number of hydrogen-bond acceptors (Lipinski definition) is 1. The minimum Gasteiger partial charge on any atom is -0.288 e. The van der Waals surface area contributed by atoms with Gasteiger partial charge in [-0.3, -0.25) is 5.32 Å². The molecule has 12 heavy (non-hydrogen) atoms. The lowest BCUT2D eigenvalue weighted by Crippen LogP contribution is -2.07. The standard InChI is InChI=1S/C9H10NO2/c1-2-7-5-3-4-6-8(7)10-9(11)12/h3-6,10H,2H2,1H3. The predicted molar refractivity (Wildman–Crippen MR) is 45.5 cm³/mol. The Kier molecular flexibility index (Phi) is 2.69. The molecule has 0 saturated carbocycles. The Morgan fingerprint density at radius 2 is 2.08 bits per heavy atom. The molecular formula is C9H10NO2. The van der Waals surface area contributed by atoms with Gasteiger partial charge in [0.25, 0.3) is 0 Å². The Balaban J connectivity index is 2.89. The summed E-state index contributed by atoms with van der Waals surface area (Å²) in [5, 5.41) is 12.4. The second kappa shape index (κ2) is 3.76. The first kappa shape index (κ1) is 8.59. The van der Waals surface area contributed by atoms with E-state index in [1.54, 1.807) is 12.1 Å². The first-order chi connectivity index (χ1) is 5.74. The molecule has 0 aliphatic heterocycles. The molecular weight excluding hydrogens is 154 g/mol. The van der Waals surface area contributed by atoms with Gasteiger partial charge < -0.3 is 0 Å². The molecule has 1 N–H and O–H groups in total. The van der Waals surface area contributed by atoms with Crippen molar-refractivity contribution >= 4 is 11.8 Å². The Morgan fingerprint density at radius 1 is 1.42 bits per heavy atom. The number of benzene rings is 1. The van der Waals surface area contributed by atoms with E-state index in [4.69, 9.17) is 0 Å². The zero-order chi connectivity index (χ0) is 8.97. The lowest BCUT2D eigenvalue weighted by molar-refractivity contribution is 0.185. The van der Waals surface area contributed by atoms with Gasteiger partial charge in [-0.05, 0) is 18.1 Å². The topological polar surface area (TPSA) is 49.0 Å². The fourth-order valence-corrected chi connectivity index (χ4v) is 1.06. The minimum absolute atomic E-state index is 0.611. The normalized spacial score (nSPS) is 9.42. The summed E-state index contributed by atoms with van der Waals surface area (Å²) in [5.74, 6) is 0. The third kappa shape index (κ3) is 1.99. The summed E-state index contributed by atoms with van der Waals surface area (Å²) in [4.78, 5) is 10.2. The maximum Gasteiger partial charge on any atom is 0.454 e. The van der Waals surface area contributed by atoms with Crippen molar-refractivity contribution < 1.29 is 9.90 Å². The third-order valence-corrected chi connectivity index (χ3v) is 1.63. The lowest BCUT2D eigenvalue weighted by Gasteiger charge is -2.04. The molecule has 1 amide bonds. The number of hydrogen-bond donors (Lipinski definition) is 1. The van der Waals surface area contributed by atoms with E-state index in [1.807, 2.05) is 19.1 Å². The van der Waals surface area contributed by atoms with E-state index in [0.717, 1.165) is 12.0 Å². The van der Waals surface area contributed by atoms with Crippen LogP contribution in [0.5, 0.6) is 0 Å². The van der Waals surface area contributed by atoms with Gasteiger partial charge in [0.15, 0.2) is 0 Å². The number of aryl methyl sites for hydroxylation is 1. The average Bonchev–Trinajstić information content (AvgIpc) is 2.04. The molecule has 0 heterocycles. The number of carbonyl (C=O) groups excluding carboxylic acids is 1. The van der Waals surface area contributed by atoms with Crippen LogP contribution in [0.1, 0.15) is 12.5 Å². The van der Waals surface area contributed by atoms with E-state index in [2.05, 4.69) is 5.32 Å². The van der Waals surface area contributed by atoms with Crippen molar-refractivity contribution in [1.82, 2.24) is 0 Å². The largest absolute Gasteiger partial charge is 0.454 e. The molecule has 63 valence electrons. The first-order valence-electron chi connectivity index (χ1n) is 3.80. The van der Waals surface area contributed by atoms with Crippen molar-refractivity contribution in [2.75, 3.05) is 5.32 Å². The van der Waals surface area contributed by atoms with Crippen molar-refractivity contribution in [3.05, 3.63) is 29.8 Å². The summed E-state index contributed by atoms with van der Waals surface area (Å²) in [6.07, 6.45) is -0.466. The summed E-state index contributed by atoms with van der Waals surface area (Å²) >= 11 is 0. The van der Waals surface area contributed by atoms with Gasteiger partial charge >= 0.3 is 6.09 Å². The van der Waals surface area contributed by atoms with Gasteiger partial charge in [-0.2, -0.15) is 0 Å². The van der Waals surface area contributed by atoms with Crippen molar-refractivity contribution in [2.45, 2.75) is 13.3 Å². The highest BCUT2D eigenvalue weighted by Gasteiger charge is 2.02. The van der Waals surface area contributed by atoms with Gasteiger partial charge in [-0.25, -0.2) is 9.90 Å². The first-order valence-corrected chi connectivity index (χ1v) is 3.80. The lowest BCUT2D eigenvalue weighted by atomic mass is 10.1. The Bertz CT molecular complexity index is 284. The van der Waals surface area contributed by atoms with Gasteiger partial charge in [0.2, 0.25) is 0 Å². The van der Waals surface area contributed by atoms with Gasteiger partial charge in [-0.1, -0.05) is 25.1 Å². The fraction of sp³-hybridized carbons (Fsp3) is 0.222. The van der Waals surface area contributed by atoms with Crippen LogP contribution < -0.4 is 5.32 Å². The number of rotatable bonds is 2. The highest BCUT2D eigenvalue weighted by atomic mass is 16.4. The molecule has 0 bridgehead atoms. The average molecular weight is 164 g/mol. The molecule has 3 nitrogen and oxygen atoms in total. The van der Waals surface area contributed by atoms with E-state index in [0.29, 0.717) is 5.69 Å². The maximum absolute atomic E-state index is 10.2. The molecule has 0 aromatic heterocycles. The Morgan fingerprint density at radius 3 is 2.67 bits per heavy atom. The molecule has 1 aromatic carbocycles. The summed E-state index contributed by atoms with van der Waals surface area (Å²) in [7, 11) is 0. The maximum atomic E-state index is 10.2. The third-order valence-electron chi connectivity index (χ3n) is 1.63. The fourth-order valence-electron chi connectivity index (χ4n) is 1.06. The zero-order valence-electron chi connectivity index (χ0n) is 6.83. The second-order valence-electron chi connectivity index (χ2n) is 2.42. The van der Waals surface area contributed by atoms with Crippen molar-refractivity contribution in [3.63, 3.8) is 0 Å². The van der Waals surface area contributed by atoms with Crippen LogP contribution in [0.2, 0.25) is 0 Å². The van der Waals surface area contributed by atoms with E-state index in [1.165, 1.54) is 0 Å². The Hall–Kier alpha value is -1.51. The van der Waals surface area contributed by atoms with Gasteiger partial charge in [-0.15, -0.1) is 0 Å². The molecule has 0 unspecified atom stereocenters. The van der Waals surface area contributed by atoms with Crippen LogP contribution in [0.3, 0.4) is 0 Å². The monoisotopic (exact) mass is 164 g/mol. The molecule has 1 aromatic rings. The quantitative estimate of drug-likeness (QED) is 0.715. The van der Waals surface area contributed by atoms with Crippen molar-refractivity contribution in [2.24, 2.45) is 0 Å². The summed E-state index contributed by atoms with van der Waals surface area (Å²) < 4.78 is 0. The van der Waals surface area contributed by atoms with Crippen molar-refractivity contribution in [3.8, 4) is 0 Å². The summed E-state index contributed by atoms with van der Waals surface area (Å²) in [6, 6.07) is 7.25. The summed E-state index contributed by atoms with van der Waals surface area (Å²) in [6.45, 7) is 1.97. The van der Waals surface area contributed by atoms with Gasteiger partial charge in [0.05, 0.1) is 0 Å². The molecule has 0 aliphatic carbocycles. The van der Waals surface area contributed by atoms with E-state index >= 15 is 0 Å². The van der Waals surface area contributed by atoms with Crippen molar-refractivity contribution in [1.29, 1.82) is 0 Å². The van der Waals surface area contributed by atoms with Gasteiger partial charge in [0.1, 0.15) is 0 Å². The van der Waals surface area contributed by atoms with Crippen LogP contribution in [0.15, 0.2) is 24.3 Å². The van der Waals surface area contributed by atoms with Crippen LogP contribution in [0.25, 0.3) is 0 Å². The number of carbonyl (C=O) groups is 1. The van der Waals surface area contributed by atoms with E-state index < -0.39 is 6.09 Å². The number of anilines is 1. The predicted octanol–water partition coefficient (Wildman–Crippen LogP) is 2.21. The molecule has 1 rings (SSSR count). The number of para-hydroxylation sites is 1. The van der Waals surface area contributed by atoms with E-state index in [-0.39, 0.29) is 0 Å². The minimum atomic E-state index is -1.27. The molecule has 3 heteroatoms. The van der Waals surface area contributed by atoms with E-state index in [9.17, 15) is 9.90 Å². The SMILES string of the molecule is CCc1ccccc1NC([O])=O. The van der Waals surface area contributed by atoms with Crippen LogP contribution >= 0.6 is 0 Å². The Labute approximate surface area is 71.0 Å². The molecule has 0 fully saturated rings. The summed E-state index contributed by atoms with van der Waals surface area (Å²) in [5.41, 5.74) is 1.58. The molecule has 0 saturated heterocycles. The van der Waals surface area contributed by atoms with Crippen LogP contribution in [-0.2, 0) is 11.5 Å². The molecule has 0 spiro atoms. The zero-order valence-corrected chi connectivity index (χ0v) is 6.83. The van der Waals surface area contributed by atoms with Crippen LogP contribution in [0.4, 0.5) is 10.5 Å². The smallest absolute Gasteiger partial charge is 0.288 e.